The zero-order valence-electron chi connectivity index (χ0n) is 10.2. The van der Waals surface area contributed by atoms with Gasteiger partial charge in [0.15, 0.2) is 11.0 Å². The van der Waals surface area contributed by atoms with E-state index in [2.05, 4.69) is 26.8 Å². The maximum atomic E-state index is 5.94. The fraction of sp³-hybridized carbons (Fsp3) is 0.727. The Labute approximate surface area is 121 Å². The second kappa shape index (κ2) is 6.26. The minimum atomic E-state index is 0.115. The second-order valence-corrected chi connectivity index (χ2v) is 6.49. The first-order chi connectivity index (χ1) is 8.65. The highest BCUT2D eigenvalue weighted by Crippen LogP contribution is 2.38. The lowest BCUT2D eigenvalue weighted by atomic mass is 9.88. The van der Waals surface area contributed by atoms with Crippen molar-refractivity contribution in [2.75, 3.05) is 18.1 Å². The van der Waals surface area contributed by atoms with Gasteiger partial charge in [-0.25, -0.2) is 0 Å². The summed E-state index contributed by atoms with van der Waals surface area (Å²) >= 11 is 13.6. The summed E-state index contributed by atoms with van der Waals surface area (Å²) in [6, 6.07) is 0. The van der Waals surface area contributed by atoms with Crippen LogP contribution < -0.4 is 5.32 Å². The Hall–Kier alpha value is -0.260. The molecule has 1 aromatic rings. The number of hydrogen-bond donors (Lipinski definition) is 1. The largest absolute Gasteiger partial charge is 0.366 e. The predicted octanol–water partition coefficient (Wildman–Crippen LogP) is 3.66. The summed E-state index contributed by atoms with van der Waals surface area (Å²) in [5.41, 5.74) is 0. The van der Waals surface area contributed by atoms with E-state index in [0.29, 0.717) is 5.82 Å². The summed E-state index contributed by atoms with van der Waals surface area (Å²) in [5, 5.41) is 11.0. The van der Waals surface area contributed by atoms with Gasteiger partial charge in [-0.3, -0.25) is 0 Å². The normalized spacial score (nSPS) is 18.6. The van der Waals surface area contributed by atoms with Crippen LogP contribution >= 0.6 is 35.0 Å². The number of halogens is 2. The van der Waals surface area contributed by atoms with Gasteiger partial charge in [-0.05, 0) is 30.7 Å². The third kappa shape index (κ3) is 3.39. The number of rotatable bonds is 4. The third-order valence-corrected chi connectivity index (χ3v) is 5.23. The second-order valence-electron chi connectivity index (χ2n) is 4.52. The standard InChI is InChI=1S/C11H16Cl2N4S/c1-18-11(5-3-2-4-6-11)7-14-9-8(12)16-17-10(13)15-9/h2-7H2,1H3,(H,14,15,17). The Bertz CT molecular complexity index is 410. The van der Waals surface area contributed by atoms with E-state index in [1.54, 1.807) is 0 Å². The molecule has 0 bridgehead atoms. The molecule has 1 aliphatic rings. The summed E-state index contributed by atoms with van der Waals surface area (Å²) in [7, 11) is 0. The van der Waals surface area contributed by atoms with E-state index in [4.69, 9.17) is 23.2 Å². The number of hydrogen-bond acceptors (Lipinski definition) is 5. The van der Waals surface area contributed by atoms with Crippen LogP contribution in [0.3, 0.4) is 0 Å². The maximum absolute atomic E-state index is 5.94. The summed E-state index contributed by atoms with van der Waals surface area (Å²) in [6.07, 6.45) is 8.54. The first kappa shape index (κ1) is 14.2. The molecule has 0 spiro atoms. The van der Waals surface area contributed by atoms with Gasteiger partial charge in [0, 0.05) is 11.3 Å². The third-order valence-electron chi connectivity index (χ3n) is 3.40. The van der Waals surface area contributed by atoms with Gasteiger partial charge < -0.3 is 5.32 Å². The molecule has 0 atom stereocenters. The predicted molar refractivity (Wildman–Crippen MR) is 77.7 cm³/mol. The minimum Gasteiger partial charge on any atom is -0.366 e. The van der Waals surface area contributed by atoms with Crippen molar-refractivity contribution < 1.29 is 0 Å². The lowest BCUT2D eigenvalue weighted by molar-refractivity contribution is 0.411. The molecule has 2 rings (SSSR count). The van der Waals surface area contributed by atoms with Gasteiger partial charge in [-0.1, -0.05) is 30.9 Å². The van der Waals surface area contributed by atoms with Crippen molar-refractivity contribution in [2.45, 2.75) is 36.9 Å². The molecule has 1 aliphatic carbocycles. The molecular weight excluding hydrogens is 291 g/mol. The number of thioether (sulfide) groups is 1. The molecule has 18 heavy (non-hydrogen) atoms. The lowest BCUT2D eigenvalue weighted by Gasteiger charge is -2.36. The van der Waals surface area contributed by atoms with Gasteiger partial charge in [0.25, 0.3) is 0 Å². The average Bonchev–Trinajstić information content (AvgIpc) is 2.41. The van der Waals surface area contributed by atoms with E-state index in [1.807, 2.05) is 11.8 Å². The quantitative estimate of drug-likeness (QED) is 0.920. The SMILES string of the molecule is CSC1(CNc2nc(Cl)nnc2Cl)CCCCC1. The summed E-state index contributed by atoms with van der Waals surface area (Å²) < 4.78 is 0.277. The van der Waals surface area contributed by atoms with Crippen molar-refractivity contribution in [3.8, 4) is 0 Å². The molecule has 0 aromatic carbocycles. The van der Waals surface area contributed by atoms with Crippen LogP contribution in [-0.4, -0.2) is 32.7 Å². The van der Waals surface area contributed by atoms with E-state index >= 15 is 0 Å². The molecule has 1 heterocycles. The van der Waals surface area contributed by atoms with E-state index in [1.165, 1.54) is 32.1 Å². The van der Waals surface area contributed by atoms with Gasteiger partial charge in [-0.2, -0.15) is 16.7 Å². The minimum absolute atomic E-state index is 0.115. The average molecular weight is 307 g/mol. The molecule has 0 saturated heterocycles. The Morgan fingerprint density at radius 3 is 2.61 bits per heavy atom. The molecule has 0 radical (unpaired) electrons. The molecule has 0 unspecified atom stereocenters. The smallest absolute Gasteiger partial charge is 0.245 e. The summed E-state index contributed by atoms with van der Waals surface area (Å²) in [5.74, 6) is 0.524. The van der Waals surface area contributed by atoms with Crippen molar-refractivity contribution in [3.05, 3.63) is 10.4 Å². The van der Waals surface area contributed by atoms with E-state index in [-0.39, 0.29) is 15.2 Å². The molecule has 1 saturated carbocycles. The van der Waals surface area contributed by atoms with Crippen LogP contribution in [0.4, 0.5) is 5.82 Å². The summed E-state index contributed by atoms with van der Waals surface area (Å²) in [6.45, 7) is 0.836. The lowest BCUT2D eigenvalue weighted by Crippen LogP contribution is -2.35. The van der Waals surface area contributed by atoms with Gasteiger partial charge in [-0.15, -0.1) is 10.2 Å². The van der Waals surface area contributed by atoms with Gasteiger partial charge >= 0.3 is 0 Å². The van der Waals surface area contributed by atoms with Crippen LogP contribution in [0.2, 0.25) is 10.4 Å². The van der Waals surface area contributed by atoms with E-state index < -0.39 is 0 Å². The van der Waals surface area contributed by atoms with Crippen LogP contribution in [0, 0.1) is 0 Å². The number of aromatic nitrogens is 3. The van der Waals surface area contributed by atoms with Crippen LogP contribution in [0.1, 0.15) is 32.1 Å². The molecule has 7 heteroatoms. The summed E-state index contributed by atoms with van der Waals surface area (Å²) in [4.78, 5) is 4.06. The molecule has 0 amide bonds. The first-order valence-corrected chi connectivity index (χ1v) is 7.98. The van der Waals surface area contributed by atoms with Crippen LogP contribution in [0.15, 0.2) is 0 Å². The van der Waals surface area contributed by atoms with Crippen LogP contribution in [-0.2, 0) is 0 Å². The van der Waals surface area contributed by atoms with Crippen molar-refractivity contribution in [2.24, 2.45) is 0 Å². The Morgan fingerprint density at radius 2 is 1.94 bits per heavy atom. The topological polar surface area (TPSA) is 50.7 Å². The number of nitrogens with one attached hydrogen (secondary N) is 1. The molecular formula is C11H16Cl2N4S. The fourth-order valence-electron chi connectivity index (χ4n) is 2.30. The molecule has 1 aromatic heterocycles. The number of anilines is 1. The Morgan fingerprint density at radius 1 is 1.22 bits per heavy atom. The van der Waals surface area contributed by atoms with Crippen LogP contribution in [0.5, 0.6) is 0 Å². The number of nitrogens with zero attached hydrogens (tertiary/aromatic N) is 3. The van der Waals surface area contributed by atoms with Gasteiger partial charge in [0.05, 0.1) is 0 Å². The van der Waals surface area contributed by atoms with Gasteiger partial charge in [0.1, 0.15) is 0 Å². The molecule has 1 fully saturated rings. The first-order valence-electron chi connectivity index (χ1n) is 6.00. The van der Waals surface area contributed by atoms with Crippen molar-refractivity contribution in [1.82, 2.24) is 15.2 Å². The molecule has 4 nitrogen and oxygen atoms in total. The zero-order chi connectivity index (χ0) is 13.0. The Kier molecular flexibility index (Phi) is 4.92. The zero-order valence-corrected chi connectivity index (χ0v) is 12.6. The molecule has 1 N–H and O–H groups in total. The molecule has 100 valence electrons. The van der Waals surface area contributed by atoms with Crippen molar-refractivity contribution >= 4 is 40.8 Å². The maximum Gasteiger partial charge on any atom is 0.245 e. The van der Waals surface area contributed by atoms with E-state index in [9.17, 15) is 0 Å². The highest BCUT2D eigenvalue weighted by Gasteiger charge is 2.31. The fourth-order valence-corrected chi connectivity index (χ4v) is 3.48. The van der Waals surface area contributed by atoms with Gasteiger partial charge in [0.2, 0.25) is 5.28 Å². The van der Waals surface area contributed by atoms with Crippen LogP contribution in [0.25, 0.3) is 0 Å². The molecule has 0 aliphatic heterocycles. The monoisotopic (exact) mass is 306 g/mol. The van der Waals surface area contributed by atoms with E-state index in [0.717, 1.165) is 6.54 Å². The highest BCUT2D eigenvalue weighted by atomic mass is 35.5. The van der Waals surface area contributed by atoms with Crippen molar-refractivity contribution in [3.63, 3.8) is 0 Å². The Balaban J connectivity index is 2.03. The highest BCUT2D eigenvalue weighted by molar-refractivity contribution is 8.00. The van der Waals surface area contributed by atoms with Crippen molar-refractivity contribution in [1.29, 1.82) is 0 Å².